The summed E-state index contributed by atoms with van der Waals surface area (Å²) in [6.07, 6.45) is 10.5. The lowest BCUT2D eigenvalue weighted by molar-refractivity contribution is 0.0821. The molecule has 3 aromatic rings. The van der Waals surface area contributed by atoms with E-state index in [1.807, 2.05) is 12.3 Å². The zero-order valence-electron chi connectivity index (χ0n) is 19.4. The Morgan fingerprint density at radius 2 is 2.09 bits per heavy atom. The topological polar surface area (TPSA) is 60.1 Å². The number of piperazine rings is 1. The second-order valence-electron chi connectivity index (χ2n) is 9.38. The van der Waals surface area contributed by atoms with Crippen LogP contribution in [0.1, 0.15) is 31.2 Å². The molecular weight excluding hydrogens is 432 g/mol. The molecule has 0 bridgehead atoms. The van der Waals surface area contributed by atoms with E-state index < -0.39 is 0 Å². The van der Waals surface area contributed by atoms with E-state index in [9.17, 15) is 0 Å². The van der Waals surface area contributed by atoms with Crippen molar-refractivity contribution in [3.63, 3.8) is 0 Å². The minimum atomic E-state index is 0.384. The number of rotatable bonds is 6. The van der Waals surface area contributed by atoms with Gasteiger partial charge >= 0.3 is 0 Å². The summed E-state index contributed by atoms with van der Waals surface area (Å²) in [5.74, 6) is 0.665. The number of aryl methyl sites for hydroxylation is 1. The third kappa shape index (κ3) is 4.79. The second kappa shape index (κ2) is 9.84. The number of H-pyrrole nitrogens is 1. The van der Waals surface area contributed by atoms with Crippen LogP contribution in [0.15, 0.2) is 43.2 Å². The van der Waals surface area contributed by atoms with Gasteiger partial charge in [-0.05, 0) is 38.2 Å². The first-order valence-electron chi connectivity index (χ1n) is 12.1. The summed E-state index contributed by atoms with van der Waals surface area (Å²) >= 11 is 6.55. The summed E-state index contributed by atoms with van der Waals surface area (Å²) in [4.78, 5) is 17.9. The summed E-state index contributed by atoms with van der Waals surface area (Å²) in [6, 6.07) is 7.30. The van der Waals surface area contributed by atoms with Gasteiger partial charge in [0.15, 0.2) is 0 Å². The first-order valence-corrected chi connectivity index (χ1v) is 12.4. The van der Waals surface area contributed by atoms with Gasteiger partial charge in [0, 0.05) is 67.5 Å². The Hall–Kier alpha value is -2.41. The number of fused-ring (bicyclic) bond motifs is 1. The molecule has 6 nitrogen and oxygen atoms in total. The molecular formula is C26H33ClN6. The average molecular weight is 465 g/mol. The van der Waals surface area contributed by atoms with Gasteiger partial charge in [0.05, 0.1) is 16.9 Å². The van der Waals surface area contributed by atoms with E-state index in [1.165, 1.54) is 18.4 Å². The van der Waals surface area contributed by atoms with E-state index in [-0.39, 0.29) is 0 Å². The fourth-order valence-electron chi connectivity index (χ4n) is 5.43. The maximum Gasteiger partial charge on any atom is 0.223 e. The molecule has 1 aliphatic carbocycles. The van der Waals surface area contributed by atoms with Crippen molar-refractivity contribution in [2.75, 3.05) is 38.0 Å². The third-order valence-corrected chi connectivity index (χ3v) is 7.49. The van der Waals surface area contributed by atoms with Gasteiger partial charge in [0.1, 0.15) is 0 Å². The summed E-state index contributed by atoms with van der Waals surface area (Å²) in [6.45, 7) is 11.5. The molecule has 1 saturated heterocycles. The number of hydrogen-bond acceptors (Lipinski definition) is 5. The van der Waals surface area contributed by atoms with E-state index in [4.69, 9.17) is 16.6 Å². The predicted octanol–water partition coefficient (Wildman–Crippen LogP) is 5.11. The lowest BCUT2D eigenvalue weighted by Crippen LogP contribution is -2.52. The Balaban J connectivity index is 1.29. The number of halogens is 1. The number of nitrogens with zero attached hydrogens (tertiary/aromatic N) is 4. The number of para-hydroxylation sites is 1. The van der Waals surface area contributed by atoms with Gasteiger partial charge < -0.3 is 10.3 Å². The quantitative estimate of drug-likeness (QED) is 0.496. The van der Waals surface area contributed by atoms with Gasteiger partial charge in [-0.1, -0.05) is 35.9 Å². The molecule has 2 fully saturated rings. The van der Waals surface area contributed by atoms with Gasteiger partial charge in [0.2, 0.25) is 5.95 Å². The Labute approximate surface area is 201 Å². The van der Waals surface area contributed by atoms with Crippen LogP contribution in [0.3, 0.4) is 0 Å². The summed E-state index contributed by atoms with van der Waals surface area (Å²) in [7, 11) is 0. The van der Waals surface area contributed by atoms with Crippen LogP contribution in [0.5, 0.6) is 0 Å². The van der Waals surface area contributed by atoms with Crippen molar-refractivity contribution < 1.29 is 0 Å². The van der Waals surface area contributed by atoms with Crippen LogP contribution in [0.25, 0.3) is 22.2 Å². The number of nitrogens with one attached hydrogen (secondary N) is 2. The molecule has 3 heterocycles. The van der Waals surface area contributed by atoms with E-state index >= 15 is 0 Å². The fraction of sp³-hybridized carbons (Fsp3) is 0.462. The molecule has 5 rings (SSSR count). The zero-order valence-corrected chi connectivity index (χ0v) is 20.1. The highest BCUT2D eigenvalue weighted by Gasteiger charge is 2.29. The molecule has 2 aromatic heterocycles. The largest absolute Gasteiger partial charge is 0.360 e. The van der Waals surface area contributed by atoms with Crippen molar-refractivity contribution in [1.82, 2.24) is 24.8 Å². The molecule has 2 atom stereocenters. The number of aromatic amines is 1. The van der Waals surface area contributed by atoms with Crippen molar-refractivity contribution >= 4 is 28.5 Å². The molecule has 0 radical (unpaired) electrons. The molecule has 2 N–H and O–H groups in total. The van der Waals surface area contributed by atoms with Crippen LogP contribution in [-0.4, -0.2) is 69.6 Å². The van der Waals surface area contributed by atoms with Gasteiger partial charge in [-0.15, -0.1) is 6.58 Å². The number of aromatic nitrogens is 3. The first-order chi connectivity index (χ1) is 16.1. The van der Waals surface area contributed by atoms with E-state index in [2.05, 4.69) is 56.8 Å². The smallest absolute Gasteiger partial charge is 0.223 e. The van der Waals surface area contributed by atoms with Gasteiger partial charge in [0.25, 0.3) is 0 Å². The van der Waals surface area contributed by atoms with Crippen molar-refractivity contribution in [2.45, 2.75) is 44.7 Å². The predicted molar refractivity (Wildman–Crippen MR) is 137 cm³/mol. The summed E-state index contributed by atoms with van der Waals surface area (Å²) in [5.41, 5.74) is 4.13. The van der Waals surface area contributed by atoms with Gasteiger partial charge in [-0.25, -0.2) is 9.97 Å². The Bertz CT molecular complexity index is 1120. The van der Waals surface area contributed by atoms with Crippen LogP contribution in [-0.2, 0) is 0 Å². The Morgan fingerprint density at radius 3 is 2.91 bits per heavy atom. The monoisotopic (exact) mass is 464 g/mol. The average Bonchev–Trinajstić information content (AvgIpc) is 3.27. The normalized spacial score (nSPS) is 22.5. The Kier molecular flexibility index (Phi) is 6.67. The van der Waals surface area contributed by atoms with E-state index in [1.54, 1.807) is 6.20 Å². The molecule has 174 valence electrons. The molecule has 0 amide bonds. The van der Waals surface area contributed by atoms with Crippen molar-refractivity contribution in [3.05, 3.63) is 53.8 Å². The van der Waals surface area contributed by atoms with Crippen LogP contribution in [0.2, 0.25) is 5.02 Å². The molecule has 2 aliphatic rings. The van der Waals surface area contributed by atoms with Gasteiger partial charge in [-0.2, -0.15) is 0 Å². The molecule has 33 heavy (non-hydrogen) atoms. The van der Waals surface area contributed by atoms with Crippen molar-refractivity contribution in [3.8, 4) is 11.3 Å². The van der Waals surface area contributed by atoms with Crippen LogP contribution < -0.4 is 5.32 Å². The maximum atomic E-state index is 6.55. The highest BCUT2D eigenvalue weighted by molar-refractivity contribution is 6.33. The number of benzene rings is 1. The molecule has 7 heteroatoms. The van der Waals surface area contributed by atoms with Crippen LogP contribution >= 0.6 is 11.6 Å². The van der Waals surface area contributed by atoms with Crippen molar-refractivity contribution in [1.29, 1.82) is 0 Å². The third-order valence-electron chi connectivity index (χ3n) is 7.21. The van der Waals surface area contributed by atoms with Crippen LogP contribution in [0, 0.1) is 6.92 Å². The number of anilines is 1. The summed E-state index contributed by atoms with van der Waals surface area (Å²) < 4.78 is 0. The lowest BCUT2D eigenvalue weighted by Gasteiger charge is -2.42. The van der Waals surface area contributed by atoms with E-state index in [0.717, 1.165) is 67.7 Å². The van der Waals surface area contributed by atoms with Crippen molar-refractivity contribution in [2.24, 2.45) is 0 Å². The zero-order chi connectivity index (χ0) is 22.8. The second-order valence-corrected chi connectivity index (χ2v) is 9.78. The Morgan fingerprint density at radius 1 is 1.24 bits per heavy atom. The van der Waals surface area contributed by atoms with Gasteiger partial charge in [-0.3, -0.25) is 9.80 Å². The minimum Gasteiger partial charge on any atom is -0.360 e. The molecule has 1 aliphatic heterocycles. The molecule has 0 unspecified atom stereocenters. The first kappa shape index (κ1) is 22.4. The fourth-order valence-corrected chi connectivity index (χ4v) is 5.62. The molecule has 1 aromatic carbocycles. The highest BCUT2D eigenvalue weighted by Crippen LogP contribution is 2.34. The molecule has 0 spiro atoms. The SMILES string of the molecule is C=CCN1CCN([C@H]2CCC[C@@H](Nc3ncc(Cl)c(-c4c[nH]c5c(C)cccc45)n3)C2)CC1. The lowest BCUT2D eigenvalue weighted by atomic mass is 9.89. The molecule has 1 saturated carbocycles. The van der Waals surface area contributed by atoms with E-state index in [0.29, 0.717) is 23.1 Å². The number of hydrogen-bond donors (Lipinski definition) is 2. The van der Waals surface area contributed by atoms with Crippen LogP contribution in [0.4, 0.5) is 5.95 Å². The maximum absolute atomic E-state index is 6.55. The standard InChI is InChI=1S/C26H33ClN6/c1-3-10-32-11-13-33(14-12-32)20-8-5-7-19(15-20)30-26-29-17-23(27)25(31-26)22-16-28-24-18(2)6-4-9-21(22)24/h3-4,6,9,16-17,19-20,28H,1,5,7-8,10-15H2,2H3,(H,29,30,31)/t19-,20+/m1/s1. The highest BCUT2D eigenvalue weighted by atomic mass is 35.5. The summed E-state index contributed by atoms with van der Waals surface area (Å²) in [5, 5.41) is 5.33. The minimum absolute atomic E-state index is 0.384.